The Morgan fingerprint density at radius 1 is 1.36 bits per heavy atom. The first-order chi connectivity index (χ1) is 6.31. The lowest BCUT2D eigenvalue weighted by Gasteiger charge is -2.06. The summed E-state index contributed by atoms with van der Waals surface area (Å²) in [5.74, 6) is -0.708. The molecule has 0 saturated heterocycles. The summed E-state index contributed by atoms with van der Waals surface area (Å²) in [5, 5.41) is 0. The van der Waals surface area contributed by atoms with Gasteiger partial charge in [0.15, 0.2) is 0 Å². The van der Waals surface area contributed by atoms with E-state index in [4.69, 9.17) is 10.7 Å². The van der Waals surface area contributed by atoms with E-state index < -0.39 is 9.05 Å². The smallest absolute Gasteiger partial charge is 0.212 e. The maximum absolute atomic E-state index is 13.3. The van der Waals surface area contributed by atoms with Crippen LogP contribution in [0.15, 0.2) is 12.1 Å². The Hall–Kier alpha value is -0.610. The summed E-state index contributed by atoms with van der Waals surface area (Å²) in [6, 6.07) is 3.12. The SMILES string of the molecule is Cc1ccc(CS(=O)(=O)Cl)c(C)c1F. The topological polar surface area (TPSA) is 34.1 Å². The van der Waals surface area contributed by atoms with Crippen LogP contribution in [-0.4, -0.2) is 8.42 Å². The monoisotopic (exact) mass is 236 g/mol. The molecule has 0 radical (unpaired) electrons. The Bertz CT molecular complexity index is 454. The second-order valence-electron chi connectivity index (χ2n) is 3.16. The first-order valence-corrected chi connectivity index (χ1v) is 6.46. The highest BCUT2D eigenvalue weighted by atomic mass is 35.7. The van der Waals surface area contributed by atoms with Crippen LogP contribution in [0.1, 0.15) is 16.7 Å². The third-order valence-corrected chi connectivity index (χ3v) is 3.00. The van der Waals surface area contributed by atoms with E-state index >= 15 is 0 Å². The van der Waals surface area contributed by atoms with E-state index in [0.717, 1.165) is 0 Å². The van der Waals surface area contributed by atoms with Gasteiger partial charge in [0.25, 0.3) is 0 Å². The lowest BCUT2D eigenvalue weighted by atomic mass is 10.1. The molecule has 0 bridgehead atoms. The van der Waals surface area contributed by atoms with Crippen LogP contribution in [0.2, 0.25) is 0 Å². The van der Waals surface area contributed by atoms with Crippen molar-refractivity contribution in [3.63, 3.8) is 0 Å². The van der Waals surface area contributed by atoms with E-state index in [2.05, 4.69) is 0 Å². The molecule has 0 aromatic heterocycles. The summed E-state index contributed by atoms with van der Waals surface area (Å²) in [7, 11) is 1.46. The Kier molecular flexibility index (Phi) is 3.17. The van der Waals surface area contributed by atoms with Crippen LogP contribution in [-0.2, 0) is 14.8 Å². The van der Waals surface area contributed by atoms with Gasteiger partial charge in [-0.3, -0.25) is 0 Å². The normalized spacial score (nSPS) is 11.7. The zero-order valence-electron chi connectivity index (χ0n) is 7.84. The van der Waals surface area contributed by atoms with E-state index in [1.165, 1.54) is 0 Å². The summed E-state index contributed by atoms with van der Waals surface area (Å²) in [4.78, 5) is 0. The highest BCUT2D eigenvalue weighted by Crippen LogP contribution is 2.19. The number of benzene rings is 1. The first-order valence-electron chi connectivity index (χ1n) is 3.98. The van der Waals surface area contributed by atoms with Crippen LogP contribution in [0, 0.1) is 19.7 Å². The van der Waals surface area contributed by atoms with Crippen molar-refractivity contribution in [3.05, 3.63) is 34.6 Å². The van der Waals surface area contributed by atoms with Crippen molar-refractivity contribution in [2.75, 3.05) is 0 Å². The van der Waals surface area contributed by atoms with Crippen molar-refractivity contribution in [1.29, 1.82) is 0 Å². The van der Waals surface area contributed by atoms with Crippen molar-refractivity contribution in [1.82, 2.24) is 0 Å². The van der Waals surface area contributed by atoms with Crippen LogP contribution in [0.3, 0.4) is 0 Å². The van der Waals surface area contributed by atoms with Crippen molar-refractivity contribution in [2.45, 2.75) is 19.6 Å². The van der Waals surface area contributed by atoms with Gasteiger partial charge in [-0.1, -0.05) is 12.1 Å². The van der Waals surface area contributed by atoms with E-state index in [9.17, 15) is 12.8 Å². The van der Waals surface area contributed by atoms with E-state index in [-0.39, 0.29) is 11.6 Å². The largest absolute Gasteiger partial charge is 0.236 e. The Labute approximate surface area is 87.1 Å². The second kappa shape index (κ2) is 3.87. The molecule has 0 atom stereocenters. The maximum atomic E-state index is 13.3. The summed E-state index contributed by atoms with van der Waals surface area (Å²) < 4.78 is 34.9. The number of aryl methyl sites for hydroxylation is 1. The van der Waals surface area contributed by atoms with Crippen molar-refractivity contribution in [3.8, 4) is 0 Å². The van der Waals surface area contributed by atoms with Gasteiger partial charge in [0.1, 0.15) is 5.82 Å². The van der Waals surface area contributed by atoms with E-state index in [1.807, 2.05) is 0 Å². The molecule has 0 unspecified atom stereocenters. The quantitative estimate of drug-likeness (QED) is 0.740. The first kappa shape index (κ1) is 11.5. The molecule has 0 heterocycles. The molecule has 14 heavy (non-hydrogen) atoms. The molecule has 0 aliphatic rings. The lowest BCUT2D eigenvalue weighted by Crippen LogP contribution is -2.00. The fourth-order valence-corrected chi connectivity index (χ4v) is 2.24. The van der Waals surface area contributed by atoms with Gasteiger partial charge in [-0.05, 0) is 30.5 Å². The number of hydrogen-bond acceptors (Lipinski definition) is 2. The molecule has 78 valence electrons. The van der Waals surface area contributed by atoms with Gasteiger partial charge in [0, 0.05) is 10.7 Å². The van der Waals surface area contributed by atoms with Gasteiger partial charge in [-0.25, -0.2) is 12.8 Å². The van der Waals surface area contributed by atoms with Crippen molar-refractivity contribution < 1.29 is 12.8 Å². The predicted molar refractivity (Wildman–Crippen MR) is 54.4 cm³/mol. The molecule has 0 saturated carbocycles. The van der Waals surface area contributed by atoms with E-state index in [0.29, 0.717) is 16.7 Å². The van der Waals surface area contributed by atoms with Crippen LogP contribution < -0.4 is 0 Å². The van der Waals surface area contributed by atoms with Crippen molar-refractivity contribution >= 4 is 19.7 Å². The van der Waals surface area contributed by atoms with Gasteiger partial charge in [0.05, 0.1) is 5.75 Å². The zero-order chi connectivity index (χ0) is 10.9. The average molecular weight is 237 g/mol. The highest BCUT2D eigenvalue weighted by molar-refractivity contribution is 8.13. The summed E-state index contributed by atoms with van der Waals surface area (Å²) in [6.07, 6.45) is 0. The standard InChI is InChI=1S/C9H10ClFO2S/c1-6-3-4-8(5-14(10,12)13)7(2)9(6)11/h3-4H,5H2,1-2H3. The third-order valence-electron chi connectivity index (χ3n) is 2.02. The van der Waals surface area contributed by atoms with Crippen molar-refractivity contribution in [2.24, 2.45) is 0 Å². The highest BCUT2D eigenvalue weighted by Gasteiger charge is 2.12. The molecule has 1 aromatic carbocycles. The molecule has 5 heteroatoms. The Morgan fingerprint density at radius 2 is 1.93 bits per heavy atom. The molecule has 0 amide bonds. The molecule has 0 fully saturated rings. The van der Waals surface area contributed by atoms with E-state index in [1.54, 1.807) is 26.0 Å². The average Bonchev–Trinajstić information content (AvgIpc) is 2.04. The summed E-state index contributed by atoms with van der Waals surface area (Å²) in [5.41, 5.74) is 1.25. The molecular weight excluding hydrogens is 227 g/mol. The minimum absolute atomic E-state index is 0.336. The summed E-state index contributed by atoms with van der Waals surface area (Å²) >= 11 is 0. The molecule has 0 N–H and O–H groups in total. The fraction of sp³-hybridized carbons (Fsp3) is 0.333. The van der Waals surface area contributed by atoms with Gasteiger partial charge in [0.2, 0.25) is 9.05 Å². The molecule has 0 spiro atoms. The molecule has 1 rings (SSSR count). The second-order valence-corrected chi connectivity index (χ2v) is 5.94. The predicted octanol–water partition coefficient (Wildman–Crippen LogP) is 2.51. The molecule has 0 aliphatic carbocycles. The minimum atomic E-state index is -3.62. The van der Waals surface area contributed by atoms with Crippen LogP contribution in [0.25, 0.3) is 0 Å². The lowest BCUT2D eigenvalue weighted by molar-refractivity contribution is 0.602. The van der Waals surface area contributed by atoms with Gasteiger partial charge >= 0.3 is 0 Å². The van der Waals surface area contributed by atoms with Gasteiger partial charge < -0.3 is 0 Å². The third kappa shape index (κ3) is 2.69. The molecule has 2 nitrogen and oxygen atoms in total. The van der Waals surface area contributed by atoms with Crippen LogP contribution in [0.5, 0.6) is 0 Å². The Morgan fingerprint density at radius 3 is 2.43 bits per heavy atom. The van der Waals surface area contributed by atoms with Gasteiger partial charge in [-0.2, -0.15) is 0 Å². The van der Waals surface area contributed by atoms with Gasteiger partial charge in [-0.15, -0.1) is 0 Å². The Balaban J connectivity index is 3.19. The fourth-order valence-electron chi connectivity index (χ4n) is 1.20. The van der Waals surface area contributed by atoms with Crippen LogP contribution >= 0.6 is 10.7 Å². The zero-order valence-corrected chi connectivity index (χ0v) is 9.41. The van der Waals surface area contributed by atoms with Crippen LogP contribution in [0.4, 0.5) is 4.39 Å². The number of halogens is 2. The molecule has 0 aliphatic heterocycles. The number of hydrogen-bond donors (Lipinski definition) is 0. The number of rotatable bonds is 2. The molecule has 1 aromatic rings. The minimum Gasteiger partial charge on any atom is -0.212 e. The molecular formula is C9H10ClFO2S. The summed E-state index contributed by atoms with van der Waals surface area (Å²) in [6.45, 7) is 3.17. The maximum Gasteiger partial charge on any atom is 0.236 e.